The molecule has 130 valence electrons. The Bertz CT molecular complexity index is 874. The van der Waals surface area contributed by atoms with Gasteiger partial charge in [-0.1, -0.05) is 22.8 Å². The van der Waals surface area contributed by atoms with E-state index in [-0.39, 0.29) is 33.6 Å². The Kier molecular flexibility index (Phi) is 4.80. The molecular weight excluding hydrogens is 349 g/mol. The molecule has 0 bridgehead atoms. The molecular formula is C16H15ClFN5O2. The Morgan fingerprint density at radius 3 is 2.96 bits per heavy atom. The lowest BCUT2D eigenvalue weighted by molar-refractivity contribution is 0.0935. The molecule has 2 aromatic heterocycles. The number of rotatable bonds is 5. The SMILES string of the molecule is Cc1onc(-c2c(F)cccc2Cl)c1C(=O)N[C@@H](C)Cn1cncn1. The summed E-state index contributed by atoms with van der Waals surface area (Å²) < 4.78 is 20.9. The zero-order valence-electron chi connectivity index (χ0n) is 13.5. The molecule has 0 aliphatic heterocycles. The van der Waals surface area contributed by atoms with Gasteiger partial charge in [0.15, 0.2) is 0 Å². The Morgan fingerprint density at radius 2 is 2.28 bits per heavy atom. The third-order valence-corrected chi connectivity index (χ3v) is 3.91. The number of nitrogens with zero attached hydrogens (tertiary/aromatic N) is 4. The van der Waals surface area contributed by atoms with Crippen molar-refractivity contribution in [2.24, 2.45) is 0 Å². The van der Waals surface area contributed by atoms with E-state index >= 15 is 0 Å². The average molecular weight is 364 g/mol. The maximum atomic E-state index is 14.2. The summed E-state index contributed by atoms with van der Waals surface area (Å²) in [5.74, 6) is -0.731. The van der Waals surface area contributed by atoms with Crippen molar-refractivity contribution in [3.63, 3.8) is 0 Å². The van der Waals surface area contributed by atoms with E-state index in [0.717, 1.165) is 0 Å². The maximum absolute atomic E-state index is 14.2. The van der Waals surface area contributed by atoms with Gasteiger partial charge in [-0.25, -0.2) is 9.37 Å². The number of carbonyl (C=O) groups is 1. The molecule has 0 spiro atoms. The monoisotopic (exact) mass is 363 g/mol. The first-order chi connectivity index (χ1) is 12.0. The van der Waals surface area contributed by atoms with Gasteiger partial charge in [0.25, 0.3) is 5.91 Å². The molecule has 2 heterocycles. The van der Waals surface area contributed by atoms with Crippen molar-refractivity contribution >= 4 is 17.5 Å². The van der Waals surface area contributed by atoms with Crippen LogP contribution in [0, 0.1) is 12.7 Å². The molecule has 0 unspecified atom stereocenters. The smallest absolute Gasteiger partial charge is 0.257 e. The van der Waals surface area contributed by atoms with Crippen LogP contribution in [0.1, 0.15) is 23.0 Å². The van der Waals surface area contributed by atoms with E-state index in [1.807, 2.05) is 6.92 Å². The van der Waals surface area contributed by atoms with E-state index in [1.165, 1.54) is 24.5 Å². The summed E-state index contributed by atoms with van der Waals surface area (Å²) in [5, 5.41) is 10.8. The molecule has 0 saturated heterocycles. The highest BCUT2D eigenvalue weighted by molar-refractivity contribution is 6.33. The quantitative estimate of drug-likeness (QED) is 0.753. The second-order valence-electron chi connectivity index (χ2n) is 5.55. The Balaban J connectivity index is 1.87. The molecule has 7 nitrogen and oxygen atoms in total. The molecule has 1 N–H and O–H groups in total. The van der Waals surface area contributed by atoms with E-state index in [9.17, 15) is 9.18 Å². The van der Waals surface area contributed by atoms with Crippen LogP contribution in [-0.2, 0) is 6.54 Å². The zero-order valence-corrected chi connectivity index (χ0v) is 14.3. The first-order valence-corrected chi connectivity index (χ1v) is 7.89. The van der Waals surface area contributed by atoms with E-state index in [0.29, 0.717) is 6.54 Å². The standard InChI is InChI=1S/C16H15ClFN5O2/c1-9(6-23-8-19-7-20-23)21-16(24)13-10(2)25-22-15(13)14-11(17)4-3-5-12(14)18/h3-5,7-9H,6H2,1-2H3,(H,21,24)/t9-/m0/s1. The summed E-state index contributed by atoms with van der Waals surface area (Å²) in [6.45, 7) is 3.84. The summed E-state index contributed by atoms with van der Waals surface area (Å²) in [7, 11) is 0. The second kappa shape index (κ2) is 7.02. The van der Waals surface area contributed by atoms with Gasteiger partial charge >= 0.3 is 0 Å². The van der Waals surface area contributed by atoms with Crippen LogP contribution in [0.4, 0.5) is 4.39 Å². The largest absolute Gasteiger partial charge is 0.360 e. The lowest BCUT2D eigenvalue weighted by atomic mass is 10.0. The highest BCUT2D eigenvalue weighted by Crippen LogP contribution is 2.33. The fourth-order valence-electron chi connectivity index (χ4n) is 2.48. The third kappa shape index (κ3) is 3.53. The number of carbonyl (C=O) groups excluding carboxylic acids is 1. The summed E-state index contributed by atoms with van der Waals surface area (Å²) in [6.07, 6.45) is 2.97. The third-order valence-electron chi connectivity index (χ3n) is 3.59. The highest BCUT2D eigenvalue weighted by Gasteiger charge is 2.26. The Morgan fingerprint density at radius 1 is 1.48 bits per heavy atom. The van der Waals surface area contributed by atoms with Crippen molar-refractivity contribution in [3.8, 4) is 11.3 Å². The molecule has 0 fully saturated rings. The van der Waals surface area contributed by atoms with E-state index in [1.54, 1.807) is 17.9 Å². The summed E-state index contributed by atoms with van der Waals surface area (Å²) in [6, 6.07) is 4.01. The number of benzene rings is 1. The van der Waals surface area contributed by atoms with Crippen molar-refractivity contribution in [2.75, 3.05) is 0 Å². The van der Waals surface area contributed by atoms with E-state index in [4.69, 9.17) is 16.1 Å². The maximum Gasteiger partial charge on any atom is 0.257 e. The molecule has 3 aromatic rings. The second-order valence-corrected chi connectivity index (χ2v) is 5.96. The van der Waals surface area contributed by atoms with Crippen molar-refractivity contribution in [3.05, 3.63) is 53.0 Å². The Labute approximate surface area is 147 Å². The number of hydrogen-bond donors (Lipinski definition) is 1. The van der Waals surface area contributed by atoms with Crippen LogP contribution < -0.4 is 5.32 Å². The minimum atomic E-state index is -0.578. The summed E-state index contributed by atoms with van der Waals surface area (Å²) in [4.78, 5) is 16.5. The van der Waals surface area contributed by atoms with E-state index < -0.39 is 11.7 Å². The van der Waals surface area contributed by atoms with Crippen molar-refractivity contribution in [1.82, 2.24) is 25.2 Å². The van der Waals surface area contributed by atoms with Crippen LogP contribution in [0.15, 0.2) is 35.4 Å². The van der Waals surface area contributed by atoms with Crippen molar-refractivity contribution in [2.45, 2.75) is 26.4 Å². The predicted molar refractivity (Wildman–Crippen MR) is 88.6 cm³/mol. The molecule has 3 rings (SSSR count). The number of aromatic nitrogens is 4. The number of amides is 1. The minimum Gasteiger partial charge on any atom is -0.360 e. The number of aryl methyl sites for hydroxylation is 1. The van der Waals surface area contributed by atoms with Crippen LogP contribution in [0.5, 0.6) is 0 Å². The molecule has 0 radical (unpaired) electrons. The number of nitrogens with one attached hydrogen (secondary N) is 1. The molecule has 1 aromatic carbocycles. The van der Waals surface area contributed by atoms with Gasteiger partial charge in [0.05, 0.1) is 17.1 Å². The summed E-state index contributed by atoms with van der Waals surface area (Å²) >= 11 is 6.08. The summed E-state index contributed by atoms with van der Waals surface area (Å²) in [5.41, 5.74) is 0.263. The van der Waals surface area contributed by atoms with Crippen LogP contribution >= 0.6 is 11.6 Å². The first kappa shape index (κ1) is 17.1. The first-order valence-electron chi connectivity index (χ1n) is 7.51. The van der Waals surface area contributed by atoms with Gasteiger partial charge in [-0.15, -0.1) is 0 Å². The highest BCUT2D eigenvalue weighted by atomic mass is 35.5. The predicted octanol–water partition coefficient (Wildman–Crippen LogP) is 2.85. The van der Waals surface area contributed by atoms with Crippen LogP contribution in [0.2, 0.25) is 5.02 Å². The minimum absolute atomic E-state index is 0.0371. The number of hydrogen-bond acceptors (Lipinski definition) is 5. The Hall–Kier alpha value is -2.74. The molecule has 1 amide bonds. The normalized spacial score (nSPS) is 12.2. The van der Waals surface area contributed by atoms with Crippen LogP contribution in [0.25, 0.3) is 11.3 Å². The van der Waals surface area contributed by atoms with Gasteiger partial charge < -0.3 is 9.84 Å². The van der Waals surface area contributed by atoms with Crippen molar-refractivity contribution < 1.29 is 13.7 Å². The van der Waals surface area contributed by atoms with Crippen LogP contribution in [0.3, 0.4) is 0 Å². The van der Waals surface area contributed by atoms with Gasteiger partial charge in [-0.3, -0.25) is 9.48 Å². The number of halogens is 2. The lowest BCUT2D eigenvalue weighted by Gasteiger charge is -2.14. The van der Waals surface area contributed by atoms with Gasteiger partial charge in [0.2, 0.25) is 0 Å². The lowest BCUT2D eigenvalue weighted by Crippen LogP contribution is -2.36. The van der Waals surface area contributed by atoms with Crippen LogP contribution in [-0.4, -0.2) is 31.9 Å². The fraction of sp³-hybridized carbons (Fsp3) is 0.250. The molecule has 25 heavy (non-hydrogen) atoms. The zero-order chi connectivity index (χ0) is 18.0. The van der Waals surface area contributed by atoms with Gasteiger partial charge in [0.1, 0.15) is 35.5 Å². The molecule has 1 atom stereocenters. The van der Waals surface area contributed by atoms with E-state index in [2.05, 4.69) is 20.6 Å². The molecule has 0 saturated carbocycles. The fourth-order valence-corrected chi connectivity index (χ4v) is 2.74. The molecule has 9 heteroatoms. The van der Waals surface area contributed by atoms with Gasteiger partial charge in [-0.2, -0.15) is 5.10 Å². The van der Waals surface area contributed by atoms with Gasteiger partial charge in [-0.05, 0) is 26.0 Å². The van der Waals surface area contributed by atoms with Gasteiger partial charge in [0, 0.05) is 6.04 Å². The molecule has 0 aliphatic carbocycles. The topological polar surface area (TPSA) is 85.8 Å². The molecule has 0 aliphatic rings. The average Bonchev–Trinajstić information content (AvgIpc) is 3.17. The van der Waals surface area contributed by atoms with Crippen molar-refractivity contribution in [1.29, 1.82) is 0 Å².